The van der Waals surface area contributed by atoms with Crippen LogP contribution in [-0.4, -0.2) is 33.8 Å². The number of aromatic nitrogens is 3. The number of para-hydroxylation sites is 1. The molecule has 158 valence electrons. The quantitative estimate of drug-likeness (QED) is 0.341. The Bertz CT molecular complexity index is 1340. The monoisotopic (exact) mass is 458 g/mol. The number of nitrogens with zero attached hydrogens (tertiary/aromatic N) is 2. The van der Waals surface area contributed by atoms with E-state index in [0.717, 1.165) is 12.1 Å². The smallest absolute Gasteiger partial charge is 0.265 e. The van der Waals surface area contributed by atoms with Gasteiger partial charge in [-0.25, -0.2) is 8.42 Å². The number of aromatic amines is 1. The number of nitrogens with one attached hydrogen (secondary N) is 2. The van der Waals surface area contributed by atoms with Crippen LogP contribution in [0.2, 0.25) is 5.02 Å². The van der Waals surface area contributed by atoms with Crippen LogP contribution in [-0.2, 0) is 10.0 Å². The third-order valence-electron chi connectivity index (χ3n) is 4.23. The van der Waals surface area contributed by atoms with Gasteiger partial charge in [0.05, 0.1) is 16.9 Å². The summed E-state index contributed by atoms with van der Waals surface area (Å²) in [5.41, 5.74) is 0.499. The highest BCUT2D eigenvalue weighted by Crippen LogP contribution is 2.41. The maximum absolute atomic E-state index is 12.8. The maximum Gasteiger partial charge on any atom is 0.265 e. The Morgan fingerprint density at radius 2 is 1.74 bits per heavy atom. The highest BCUT2D eigenvalue weighted by atomic mass is 35.5. The predicted octanol–water partition coefficient (Wildman–Crippen LogP) is 4.13. The summed E-state index contributed by atoms with van der Waals surface area (Å²) >= 11 is 6.12. The number of ether oxygens (including phenoxy) is 1. The van der Waals surface area contributed by atoms with Crippen molar-refractivity contribution in [2.24, 2.45) is 0 Å². The van der Waals surface area contributed by atoms with Crippen LogP contribution in [0, 0.1) is 0 Å². The average Bonchev–Trinajstić information content (AvgIpc) is 3.18. The molecule has 31 heavy (non-hydrogen) atoms. The van der Waals surface area contributed by atoms with Gasteiger partial charge in [0, 0.05) is 24.0 Å². The number of aromatic hydroxyl groups is 2. The molecule has 2 aromatic carbocycles. The maximum atomic E-state index is 12.8. The van der Waals surface area contributed by atoms with Crippen LogP contribution in [0.1, 0.15) is 0 Å². The molecule has 2 aromatic heterocycles. The number of pyridine rings is 1. The number of H-pyrrole nitrogens is 1. The molecule has 4 aromatic rings. The second-order valence-corrected chi connectivity index (χ2v) is 8.38. The van der Waals surface area contributed by atoms with E-state index in [0.29, 0.717) is 10.8 Å². The zero-order chi connectivity index (χ0) is 22.0. The fourth-order valence-corrected chi connectivity index (χ4v) is 4.13. The van der Waals surface area contributed by atoms with Crippen LogP contribution >= 0.6 is 11.6 Å². The number of anilines is 1. The molecule has 2 heterocycles. The molecule has 0 aliphatic rings. The summed E-state index contributed by atoms with van der Waals surface area (Å²) in [6, 6.07) is 11.7. The van der Waals surface area contributed by atoms with Crippen LogP contribution in [0.4, 0.5) is 5.69 Å². The van der Waals surface area contributed by atoms with Crippen LogP contribution in [0.5, 0.6) is 23.0 Å². The van der Waals surface area contributed by atoms with Crippen molar-refractivity contribution in [3.8, 4) is 34.3 Å². The minimum Gasteiger partial charge on any atom is -0.507 e. The van der Waals surface area contributed by atoms with Crippen molar-refractivity contribution in [1.29, 1.82) is 0 Å². The second-order valence-electron chi connectivity index (χ2n) is 6.32. The molecule has 0 amide bonds. The SMILES string of the molecule is O=S(=O)(Nc1ccncc1)c1cc(-c2[nH]ncc2Oc2ccccc2Cl)c(O)cc1O. The first-order chi connectivity index (χ1) is 14.8. The minimum absolute atomic E-state index is 0.0486. The minimum atomic E-state index is -4.19. The highest BCUT2D eigenvalue weighted by molar-refractivity contribution is 7.92. The fourth-order valence-electron chi connectivity index (χ4n) is 2.79. The first-order valence-corrected chi connectivity index (χ1v) is 10.7. The van der Waals surface area contributed by atoms with E-state index in [2.05, 4.69) is 19.9 Å². The van der Waals surface area contributed by atoms with E-state index >= 15 is 0 Å². The van der Waals surface area contributed by atoms with Crippen molar-refractivity contribution in [2.75, 3.05) is 4.72 Å². The van der Waals surface area contributed by atoms with Gasteiger partial charge in [-0.2, -0.15) is 5.10 Å². The molecule has 11 heteroatoms. The molecule has 0 radical (unpaired) electrons. The summed E-state index contributed by atoms with van der Waals surface area (Å²) in [4.78, 5) is 3.38. The molecule has 0 saturated carbocycles. The first-order valence-electron chi connectivity index (χ1n) is 8.80. The van der Waals surface area contributed by atoms with E-state index in [1.54, 1.807) is 24.3 Å². The molecule has 0 spiro atoms. The lowest BCUT2D eigenvalue weighted by Crippen LogP contribution is -2.13. The summed E-state index contributed by atoms with van der Waals surface area (Å²) < 4.78 is 33.8. The molecule has 0 bridgehead atoms. The Labute approximate surface area is 182 Å². The van der Waals surface area contributed by atoms with E-state index in [9.17, 15) is 18.6 Å². The number of phenolic OH excluding ortho intramolecular Hbond substituents is 2. The highest BCUT2D eigenvalue weighted by Gasteiger charge is 2.24. The second kappa shape index (κ2) is 8.17. The number of hydrogen-bond acceptors (Lipinski definition) is 7. The molecular weight excluding hydrogens is 444 g/mol. The number of halogens is 1. The van der Waals surface area contributed by atoms with Gasteiger partial charge < -0.3 is 14.9 Å². The lowest BCUT2D eigenvalue weighted by Gasteiger charge is -2.13. The molecule has 0 atom stereocenters. The van der Waals surface area contributed by atoms with E-state index in [4.69, 9.17) is 16.3 Å². The van der Waals surface area contributed by atoms with Gasteiger partial charge in [0.25, 0.3) is 10.0 Å². The summed E-state index contributed by atoms with van der Waals surface area (Å²) in [6.45, 7) is 0. The van der Waals surface area contributed by atoms with E-state index in [1.165, 1.54) is 30.7 Å². The zero-order valence-electron chi connectivity index (χ0n) is 15.7. The number of hydrogen-bond donors (Lipinski definition) is 4. The van der Waals surface area contributed by atoms with Crippen LogP contribution < -0.4 is 9.46 Å². The van der Waals surface area contributed by atoms with E-state index in [-0.39, 0.29) is 28.4 Å². The van der Waals surface area contributed by atoms with Gasteiger partial charge in [0.15, 0.2) is 5.75 Å². The summed E-state index contributed by atoms with van der Waals surface area (Å²) in [5, 5.41) is 27.5. The Balaban J connectivity index is 1.75. The van der Waals surface area contributed by atoms with Crippen molar-refractivity contribution < 1.29 is 23.4 Å². The van der Waals surface area contributed by atoms with Crippen LogP contribution in [0.3, 0.4) is 0 Å². The van der Waals surface area contributed by atoms with Gasteiger partial charge in [-0.3, -0.25) is 14.8 Å². The standard InChI is InChI=1S/C20H15ClN4O5S/c21-14-3-1-2-4-17(14)30-18-11-23-24-20(18)13-9-19(16(27)10-15(13)26)31(28,29)25-12-5-7-22-8-6-12/h1-11,26-27H,(H,22,25)(H,23,24). The van der Waals surface area contributed by atoms with Gasteiger partial charge in [-0.1, -0.05) is 23.7 Å². The molecule has 4 N–H and O–H groups in total. The van der Waals surface area contributed by atoms with Crippen LogP contribution in [0.15, 0.2) is 72.0 Å². The van der Waals surface area contributed by atoms with Gasteiger partial charge in [0.1, 0.15) is 27.8 Å². The Kier molecular flexibility index (Phi) is 5.40. The summed E-state index contributed by atoms with van der Waals surface area (Å²) in [5.74, 6) is -0.471. The number of sulfonamides is 1. The molecule has 4 rings (SSSR count). The lowest BCUT2D eigenvalue weighted by atomic mass is 10.1. The summed E-state index contributed by atoms with van der Waals surface area (Å²) in [6.07, 6.45) is 4.19. The molecule has 0 fully saturated rings. The van der Waals surface area contributed by atoms with Crippen molar-refractivity contribution in [1.82, 2.24) is 15.2 Å². The predicted molar refractivity (Wildman–Crippen MR) is 114 cm³/mol. The Morgan fingerprint density at radius 3 is 2.48 bits per heavy atom. The van der Waals surface area contributed by atoms with E-state index in [1.807, 2.05) is 0 Å². The van der Waals surface area contributed by atoms with Crippen molar-refractivity contribution in [2.45, 2.75) is 4.90 Å². The zero-order valence-corrected chi connectivity index (χ0v) is 17.2. The van der Waals surface area contributed by atoms with Crippen molar-refractivity contribution in [3.05, 3.63) is 72.1 Å². The van der Waals surface area contributed by atoms with Gasteiger partial charge in [-0.15, -0.1) is 0 Å². The molecule has 0 saturated heterocycles. The molecule has 0 aliphatic carbocycles. The van der Waals surface area contributed by atoms with Crippen LogP contribution in [0.25, 0.3) is 11.3 Å². The fraction of sp³-hybridized carbons (Fsp3) is 0. The number of benzene rings is 2. The van der Waals surface area contributed by atoms with E-state index < -0.39 is 20.7 Å². The topological polar surface area (TPSA) is 137 Å². The first kappa shape index (κ1) is 20.5. The Hall–Kier alpha value is -3.76. The van der Waals surface area contributed by atoms with Gasteiger partial charge >= 0.3 is 0 Å². The number of phenols is 2. The normalized spacial score (nSPS) is 11.3. The van der Waals surface area contributed by atoms with Gasteiger partial charge in [0.2, 0.25) is 0 Å². The largest absolute Gasteiger partial charge is 0.507 e. The molecular formula is C20H15ClN4O5S. The third kappa shape index (κ3) is 4.25. The molecule has 9 nitrogen and oxygen atoms in total. The van der Waals surface area contributed by atoms with Crippen molar-refractivity contribution in [3.63, 3.8) is 0 Å². The van der Waals surface area contributed by atoms with Crippen molar-refractivity contribution >= 4 is 27.3 Å². The Morgan fingerprint density at radius 1 is 1.00 bits per heavy atom. The number of rotatable bonds is 6. The average molecular weight is 459 g/mol. The summed E-state index contributed by atoms with van der Waals surface area (Å²) in [7, 11) is -4.19. The third-order valence-corrected chi connectivity index (χ3v) is 5.95. The van der Waals surface area contributed by atoms with Gasteiger partial charge in [-0.05, 0) is 30.3 Å². The lowest BCUT2D eigenvalue weighted by molar-refractivity contribution is 0.440. The molecule has 0 aliphatic heterocycles. The molecule has 0 unspecified atom stereocenters.